The first-order valence-electron chi connectivity index (χ1n) is 6.21. The zero-order chi connectivity index (χ0) is 10.6. The summed E-state index contributed by atoms with van der Waals surface area (Å²) in [7, 11) is 0. The van der Waals surface area contributed by atoms with Gasteiger partial charge in [-0.05, 0) is 42.9 Å². The normalized spacial score (nSPS) is 27.9. The summed E-state index contributed by atoms with van der Waals surface area (Å²) in [5, 5.41) is 0. The van der Waals surface area contributed by atoms with Gasteiger partial charge in [0.2, 0.25) is 0 Å². The fourth-order valence-electron chi connectivity index (χ4n) is 2.83. The van der Waals surface area contributed by atoms with Gasteiger partial charge < -0.3 is 0 Å². The Kier molecular flexibility index (Phi) is 4.22. The fourth-order valence-corrected chi connectivity index (χ4v) is 2.83. The first-order chi connectivity index (χ1) is 6.60. The van der Waals surface area contributed by atoms with E-state index in [9.17, 15) is 0 Å². The Morgan fingerprint density at radius 1 is 1.36 bits per heavy atom. The third-order valence-corrected chi connectivity index (χ3v) is 4.22. The molecule has 0 spiro atoms. The lowest BCUT2D eigenvalue weighted by atomic mass is 9.74. The lowest BCUT2D eigenvalue weighted by Gasteiger charge is -2.31. The SMILES string of the molecule is C=CCCC(C)(C)C1CCC(CC)C1. The first-order valence-corrected chi connectivity index (χ1v) is 6.21. The van der Waals surface area contributed by atoms with Crippen LogP contribution in [0.15, 0.2) is 12.7 Å². The standard InChI is InChI=1S/C14H26/c1-5-7-10-14(3,4)13-9-8-12(6-2)11-13/h5,12-13H,1,6-11H2,2-4H3. The van der Waals surface area contributed by atoms with Crippen molar-refractivity contribution in [3.8, 4) is 0 Å². The Morgan fingerprint density at radius 3 is 2.57 bits per heavy atom. The third-order valence-electron chi connectivity index (χ3n) is 4.22. The van der Waals surface area contributed by atoms with Crippen molar-refractivity contribution in [2.24, 2.45) is 17.3 Å². The van der Waals surface area contributed by atoms with Gasteiger partial charge in [-0.15, -0.1) is 6.58 Å². The Labute approximate surface area is 89.8 Å². The average molecular weight is 194 g/mol. The molecule has 0 bridgehead atoms. The van der Waals surface area contributed by atoms with Gasteiger partial charge in [-0.2, -0.15) is 0 Å². The summed E-state index contributed by atoms with van der Waals surface area (Å²) < 4.78 is 0. The molecule has 0 heteroatoms. The van der Waals surface area contributed by atoms with E-state index in [0.29, 0.717) is 5.41 Å². The molecule has 0 nitrogen and oxygen atoms in total. The Morgan fingerprint density at radius 2 is 2.07 bits per heavy atom. The van der Waals surface area contributed by atoms with Crippen LogP contribution in [0.25, 0.3) is 0 Å². The molecule has 2 unspecified atom stereocenters. The van der Waals surface area contributed by atoms with Crippen molar-refractivity contribution in [3.05, 3.63) is 12.7 Å². The Balaban J connectivity index is 2.43. The fraction of sp³-hybridized carbons (Fsp3) is 0.857. The molecule has 0 aliphatic heterocycles. The van der Waals surface area contributed by atoms with Crippen LogP contribution in [0.3, 0.4) is 0 Å². The molecule has 0 saturated heterocycles. The van der Waals surface area contributed by atoms with Crippen molar-refractivity contribution in [3.63, 3.8) is 0 Å². The van der Waals surface area contributed by atoms with Crippen LogP contribution < -0.4 is 0 Å². The van der Waals surface area contributed by atoms with Gasteiger partial charge in [0.25, 0.3) is 0 Å². The van der Waals surface area contributed by atoms with E-state index in [2.05, 4.69) is 33.4 Å². The summed E-state index contributed by atoms with van der Waals surface area (Å²) >= 11 is 0. The largest absolute Gasteiger partial charge is 0.103 e. The van der Waals surface area contributed by atoms with E-state index in [1.165, 1.54) is 38.5 Å². The highest BCUT2D eigenvalue weighted by atomic mass is 14.4. The lowest BCUT2D eigenvalue weighted by Crippen LogP contribution is -2.21. The molecule has 0 aromatic rings. The van der Waals surface area contributed by atoms with Crippen molar-refractivity contribution in [1.29, 1.82) is 0 Å². The monoisotopic (exact) mass is 194 g/mol. The van der Waals surface area contributed by atoms with Crippen LogP contribution in [0, 0.1) is 17.3 Å². The topological polar surface area (TPSA) is 0 Å². The average Bonchev–Trinajstić information content (AvgIpc) is 2.63. The van der Waals surface area contributed by atoms with Crippen LogP contribution in [-0.4, -0.2) is 0 Å². The minimum Gasteiger partial charge on any atom is -0.103 e. The second-order valence-corrected chi connectivity index (χ2v) is 5.60. The highest BCUT2D eigenvalue weighted by Gasteiger charge is 2.34. The smallest absolute Gasteiger partial charge is 0.0323 e. The van der Waals surface area contributed by atoms with Crippen LogP contribution >= 0.6 is 0 Å². The van der Waals surface area contributed by atoms with E-state index < -0.39 is 0 Å². The molecule has 14 heavy (non-hydrogen) atoms. The van der Waals surface area contributed by atoms with E-state index in [-0.39, 0.29) is 0 Å². The van der Waals surface area contributed by atoms with Crippen molar-refractivity contribution < 1.29 is 0 Å². The zero-order valence-corrected chi connectivity index (χ0v) is 10.2. The molecular weight excluding hydrogens is 168 g/mol. The van der Waals surface area contributed by atoms with Crippen LogP contribution in [0.2, 0.25) is 0 Å². The molecular formula is C14H26. The predicted octanol–water partition coefficient (Wildman–Crippen LogP) is 4.81. The van der Waals surface area contributed by atoms with E-state index in [1.54, 1.807) is 0 Å². The summed E-state index contributed by atoms with van der Waals surface area (Å²) in [6, 6.07) is 0. The number of allylic oxidation sites excluding steroid dienone is 1. The Bertz CT molecular complexity index is 178. The molecule has 0 radical (unpaired) electrons. The minimum atomic E-state index is 0.540. The van der Waals surface area contributed by atoms with Crippen molar-refractivity contribution >= 4 is 0 Å². The predicted molar refractivity (Wildman–Crippen MR) is 64.3 cm³/mol. The highest BCUT2D eigenvalue weighted by Crippen LogP contribution is 2.45. The molecule has 2 atom stereocenters. The van der Waals surface area contributed by atoms with Crippen molar-refractivity contribution in [2.75, 3.05) is 0 Å². The maximum atomic E-state index is 3.82. The van der Waals surface area contributed by atoms with E-state index in [1.807, 2.05) is 0 Å². The van der Waals surface area contributed by atoms with Crippen LogP contribution in [0.5, 0.6) is 0 Å². The van der Waals surface area contributed by atoms with Gasteiger partial charge >= 0.3 is 0 Å². The molecule has 1 aliphatic carbocycles. The van der Waals surface area contributed by atoms with Crippen LogP contribution in [0.4, 0.5) is 0 Å². The maximum Gasteiger partial charge on any atom is -0.0323 e. The second-order valence-electron chi connectivity index (χ2n) is 5.60. The number of hydrogen-bond acceptors (Lipinski definition) is 0. The molecule has 1 fully saturated rings. The molecule has 1 saturated carbocycles. The van der Waals surface area contributed by atoms with Gasteiger partial charge in [-0.3, -0.25) is 0 Å². The Hall–Kier alpha value is -0.260. The third kappa shape index (κ3) is 2.87. The molecule has 82 valence electrons. The van der Waals surface area contributed by atoms with Gasteiger partial charge in [0.05, 0.1) is 0 Å². The second kappa shape index (κ2) is 5.00. The summed E-state index contributed by atoms with van der Waals surface area (Å²) in [6.45, 7) is 11.0. The quantitative estimate of drug-likeness (QED) is 0.551. The van der Waals surface area contributed by atoms with Crippen LogP contribution in [0.1, 0.15) is 59.3 Å². The molecule has 0 aromatic carbocycles. The first kappa shape index (κ1) is 11.8. The maximum absolute atomic E-state index is 3.82. The van der Waals surface area contributed by atoms with Crippen LogP contribution in [-0.2, 0) is 0 Å². The minimum absolute atomic E-state index is 0.540. The van der Waals surface area contributed by atoms with Crippen molar-refractivity contribution in [2.45, 2.75) is 59.3 Å². The summed E-state index contributed by atoms with van der Waals surface area (Å²) in [5.74, 6) is 1.98. The number of rotatable bonds is 5. The summed E-state index contributed by atoms with van der Waals surface area (Å²) in [5.41, 5.74) is 0.540. The summed E-state index contributed by atoms with van der Waals surface area (Å²) in [6.07, 6.45) is 10.3. The molecule has 1 rings (SSSR count). The molecule has 0 N–H and O–H groups in total. The van der Waals surface area contributed by atoms with Gasteiger partial charge in [-0.1, -0.05) is 39.7 Å². The van der Waals surface area contributed by atoms with E-state index >= 15 is 0 Å². The van der Waals surface area contributed by atoms with E-state index in [4.69, 9.17) is 0 Å². The molecule has 0 aromatic heterocycles. The summed E-state index contributed by atoms with van der Waals surface area (Å²) in [4.78, 5) is 0. The van der Waals surface area contributed by atoms with Gasteiger partial charge in [-0.25, -0.2) is 0 Å². The lowest BCUT2D eigenvalue weighted by molar-refractivity contribution is 0.195. The van der Waals surface area contributed by atoms with Gasteiger partial charge in [0.1, 0.15) is 0 Å². The van der Waals surface area contributed by atoms with Crippen molar-refractivity contribution in [1.82, 2.24) is 0 Å². The van der Waals surface area contributed by atoms with Gasteiger partial charge in [0.15, 0.2) is 0 Å². The van der Waals surface area contributed by atoms with Gasteiger partial charge in [0, 0.05) is 0 Å². The highest BCUT2D eigenvalue weighted by molar-refractivity contribution is 4.87. The zero-order valence-electron chi connectivity index (χ0n) is 10.2. The number of hydrogen-bond donors (Lipinski definition) is 0. The molecule has 0 heterocycles. The van der Waals surface area contributed by atoms with E-state index in [0.717, 1.165) is 11.8 Å². The molecule has 1 aliphatic rings. The molecule has 0 amide bonds.